The summed E-state index contributed by atoms with van der Waals surface area (Å²) in [5.74, 6) is -5.03. The molecule has 3 rings (SSSR count). The number of allylic oxidation sites excluding steroid dienone is 1. The highest BCUT2D eigenvalue weighted by molar-refractivity contribution is 5.88. The predicted molar refractivity (Wildman–Crippen MR) is 164 cm³/mol. The molecule has 0 radical (unpaired) electrons. The highest BCUT2D eigenvalue weighted by Crippen LogP contribution is 2.57. The van der Waals surface area contributed by atoms with Crippen LogP contribution in [0.4, 0.5) is 0 Å². The molecule has 12 nitrogen and oxygen atoms in total. The minimum absolute atomic E-state index is 0.0234. The van der Waals surface area contributed by atoms with Gasteiger partial charge in [0.15, 0.2) is 29.5 Å². The molecule has 1 saturated carbocycles. The van der Waals surface area contributed by atoms with Crippen LogP contribution in [0.5, 0.6) is 0 Å². The number of hydrogen-bond donors (Lipinski definition) is 2. The number of carbonyl (C=O) groups excluding carboxylic acids is 5. The van der Waals surface area contributed by atoms with Crippen LogP contribution in [0.1, 0.15) is 113 Å². The SMILES string of the molecule is CC=C(C)C(=O)O[C@H]1C(C)=C2[C@H]3OC(=O)[C@@](C)(O)[C@@]3(O)[C@@H](OC(=O)CCC)C[C@](C)(OC(C)=O)[C@@H]2[C@@H]1OC(=O)CCCCCCC. The van der Waals surface area contributed by atoms with E-state index in [9.17, 15) is 34.2 Å². The molecular formula is C34H50O12. The van der Waals surface area contributed by atoms with E-state index in [4.69, 9.17) is 23.7 Å². The lowest BCUT2D eigenvalue weighted by molar-refractivity contribution is -0.212. The van der Waals surface area contributed by atoms with Crippen molar-refractivity contribution in [2.45, 2.75) is 154 Å². The van der Waals surface area contributed by atoms with E-state index in [0.717, 1.165) is 32.6 Å². The Balaban J connectivity index is 2.23. The second-order valence-corrected chi connectivity index (χ2v) is 13.1. The smallest absolute Gasteiger partial charge is 0.341 e. The number of rotatable bonds is 13. The van der Waals surface area contributed by atoms with Crippen LogP contribution >= 0.6 is 0 Å². The predicted octanol–water partition coefficient (Wildman–Crippen LogP) is 3.93. The summed E-state index contributed by atoms with van der Waals surface area (Å²) in [5, 5.41) is 23.9. The summed E-state index contributed by atoms with van der Waals surface area (Å²) in [6, 6.07) is 0. The summed E-state index contributed by atoms with van der Waals surface area (Å²) >= 11 is 0. The zero-order valence-electron chi connectivity index (χ0n) is 28.3. The Morgan fingerprint density at radius 3 is 2.15 bits per heavy atom. The summed E-state index contributed by atoms with van der Waals surface area (Å²) in [4.78, 5) is 65.1. The van der Waals surface area contributed by atoms with E-state index in [1.165, 1.54) is 13.8 Å². The maximum absolute atomic E-state index is 13.3. The molecule has 1 saturated heterocycles. The van der Waals surface area contributed by atoms with Gasteiger partial charge in [-0.1, -0.05) is 45.6 Å². The van der Waals surface area contributed by atoms with Gasteiger partial charge in [0, 0.05) is 31.8 Å². The number of unbranched alkanes of at least 4 members (excludes halogenated alkanes) is 4. The van der Waals surface area contributed by atoms with Gasteiger partial charge in [0.1, 0.15) is 11.7 Å². The minimum atomic E-state index is -2.57. The van der Waals surface area contributed by atoms with E-state index >= 15 is 0 Å². The van der Waals surface area contributed by atoms with Gasteiger partial charge in [0.05, 0.1) is 5.92 Å². The Kier molecular flexibility index (Phi) is 11.9. The lowest BCUT2D eigenvalue weighted by Gasteiger charge is -2.41. The van der Waals surface area contributed by atoms with E-state index in [1.54, 1.807) is 33.8 Å². The number of carbonyl (C=O) groups is 5. The highest BCUT2D eigenvalue weighted by Gasteiger charge is 2.76. The lowest BCUT2D eigenvalue weighted by atomic mass is 9.75. The summed E-state index contributed by atoms with van der Waals surface area (Å²) in [5.41, 5.74) is -6.12. The molecule has 0 aromatic carbocycles. The molecule has 2 fully saturated rings. The molecule has 0 aromatic rings. The van der Waals surface area contributed by atoms with Gasteiger partial charge in [-0.25, -0.2) is 9.59 Å². The van der Waals surface area contributed by atoms with Crippen LogP contribution < -0.4 is 0 Å². The van der Waals surface area contributed by atoms with Crippen LogP contribution in [0.2, 0.25) is 0 Å². The van der Waals surface area contributed by atoms with Gasteiger partial charge in [-0.2, -0.15) is 0 Å². The second kappa shape index (κ2) is 14.7. The van der Waals surface area contributed by atoms with E-state index in [-0.39, 0.29) is 29.6 Å². The van der Waals surface area contributed by atoms with Gasteiger partial charge in [-0.3, -0.25) is 14.4 Å². The first-order chi connectivity index (χ1) is 21.5. The fourth-order valence-corrected chi connectivity index (χ4v) is 6.90. The summed E-state index contributed by atoms with van der Waals surface area (Å²) in [6.07, 6.45) is 0.272. The monoisotopic (exact) mass is 650 g/mol. The molecule has 1 heterocycles. The average molecular weight is 651 g/mol. The largest absolute Gasteiger partial charge is 0.459 e. The fourth-order valence-electron chi connectivity index (χ4n) is 6.90. The van der Waals surface area contributed by atoms with E-state index < -0.39 is 83.4 Å². The Morgan fingerprint density at radius 2 is 1.57 bits per heavy atom. The number of aliphatic hydroxyl groups is 2. The normalized spacial score (nSPS) is 33.8. The molecule has 0 unspecified atom stereocenters. The molecule has 2 N–H and O–H groups in total. The third kappa shape index (κ3) is 7.02. The zero-order valence-corrected chi connectivity index (χ0v) is 28.3. The topological polar surface area (TPSA) is 172 Å². The average Bonchev–Trinajstić information content (AvgIpc) is 3.30. The van der Waals surface area contributed by atoms with Crippen molar-refractivity contribution in [3.05, 3.63) is 22.8 Å². The molecule has 1 aliphatic heterocycles. The van der Waals surface area contributed by atoms with E-state index in [2.05, 4.69) is 6.92 Å². The van der Waals surface area contributed by atoms with Crippen LogP contribution in [0.3, 0.4) is 0 Å². The molecule has 12 heteroatoms. The summed E-state index contributed by atoms with van der Waals surface area (Å²) in [6.45, 7) is 12.4. The molecule has 8 atom stereocenters. The Bertz CT molecular complexity index is 1260. The molecule has 0 aromatic heterocycles. The first-order valence-electron chi connectivity index (χ1n) is 16.3. The first kappa shape index (κ1) is 37.2. The zero-order chi connectivity index (χ0) is 34.6. The van der Waals surface area contributed by atoms with Crippen LogP contribution in [0, 0.1) is 5.92 Å². The quantitative estimate of drug-likeness (QED) is 0.0969. The van der Waals surface area contributed by atoms with Gasteiger partial charge < -0.3 is 33.9 Å². The van der Waals surface area contributed by atoms with Crippen LogP contribution in [-0.4, -0.2) is 81.3 Å². The highest BCUT2D eigenvalue weighted by atomic mass is 16.6. The third-order valence-electron chi connectivity index (χ3n) is 9.51. The lowest BCUT2D eigenvalue weighted by Crippen LogP contribution is -2.64. The van der Waals surface area contributed by atoms with Gasteiger partial charge in [0.2, 0.25) is 0 Å². The molecule has 3 aliphatic rings. The fraction of sp³-hybridized carbons (Fsp3) is 0.735. The maximum atomic E-state index is 13.3. The van der Waals surface area contributed by atoms with Crippen LogP contribution in [-0.2, 0) is 47.7 Å². The van der Waals surface area contributed by atoms with Crippen molar-refractivity contribution in [3.8, 4) is 0 Å². The van der Waals surface area contributed by atoms with Crippen molar-refractivity contribution in [2.24, 2.45) is 5.92 Å². The molecule has 0 amide bonds. The van der Waals surface area contributed by atoms with Crippen LogP contribution in [0.25, 0.3) is 0 Å². The van der Waals surface area contributed by atoms with Crippen molar-refractivity contribution in [1.82, 2.24) is 0 Å². The van der Waals surface area contributed by atoms with Crippen molar-refractivity contribution < 1.29 is 57.9 Å². The van der Waals surface area contributed by atoms with E-state index in [0.29, 0.717) is 12.8 Å². The maximum Gasteiger partial charge on any atom is 0.341 e. The standard InChI is InChI=1S/C34H50O12/c1-9-12-13-14-15-17-24(37)43-28-26-25(20(5)27(28)44-30(38)19(4)11-3)29-34(41,33(8,40)31(39)45-29)22(42-23(36)16-10-2)18-32(26,7)46-21(6)35/h11,22,26-29,40-41H,9-10,12-18H2,1-8H3/t22-,26-,27-,28-,29+,32-,33+,34+/m0/s1. The number of fused-ring (bicyclic) bond motifs is 3. The van der Waals surface area contributed by atoms with Gasteiger partial charge >= 0.3 is 29.8 Å². The molecule has 46 heavy (non-hydrogen) atoms. The summed E-state index contributed by atoms with van der Waals surface area (Å²) < 4.78 is 29.3. The van der Waals surface area contributed by atoms with Gasteiger partial charge in [-0.05, 0) is 58.6 Å². The summed E-state index contributed by atoms with van der Waals surface area (Å²) in [7, 11) is 0. The Labute approximate surface area is 270 Å². The minimum Gasteiger partial charge on any atom is -0.459 e. The molecule has 2 aliphatic carbocycles. The molecule has 0 spiro atoms. The second-order valence-electron chi connectivity index (χ2n) is 13.1. The number of hydrogen-bond acceptors (Lipinski definition) is 12. The first-order valence-corrected chi connectivity index (χ1v) is 16.3. The van der Waals surface area contributed by atoms with Crippen molar-refractivity contribution in [3.63, 3.8) is 0 Å². The molecular weight excluding hydrogens is 600 g/mol. The molecule has 0 bridgehead atoms. The number of ether oxygens (including phenoxy) is 5. The van der Waals surface area contributed by atoms with Crippen molar-refractivity contribution in [2.75, 3.05) is 0 Å². The van der Waals surface area contributed by atoms with Crippen molar-refractivity contribution in [1.29, 1.82) is 0 Å². The Hall–Kier alpha value is -3.25. The van der Waals surface area contributed by atoms with Gasteiger partial charge in [0.25, 0.3) is 0 Å². The molecule has 258 valence electrons. The van der Waals surface area contributed by atoms with Gasteiger partial charge in [-0.15, -0.1) is 0 Å². The number of esters is 5. The Morgan fingerprint density at radius 1 is 0.935 bits per heavy atom. The van der Waals surface area contributed by atoms with Crippen LogP contribution in [0.15, 0.2) is 22.8 Å². The van der Waals surface area contributed by atoms with E-state index in [1.807, 2.05) is 0 Å². The van der Waals surface area contributed by atoms with Crippen molar-refractivity contribution >= 4 is 29.8 Å². The third-order valence-corrected chi connectivity index (χ3v) is 9.51.